The van der Waals surface area contributed by atoms with Gasteiger partial charge in [0.2, 0.25) is 0 Å². The number of hydrogen-bond donors (Lipinski definition) is 1. The first-order valence-corrected chi connectivity index (χ1v) is 10.1. The monoisotopic (exact) mass is 402 g/mol. The van der Waals surface area contributed by atoms with E-state index < -0.39 is 11.0 Å². The van der Waals surface area contributed by atoms with Crippen LogP contribution in [0.3, 0.4) is 0 Å². The van der Waals surface area contributed by atoms with E-state index >= 15 is 0 Å². The summed E-state index contributed by atoms with van der Waals surface area (Å²) in [5.41, 5.74) is 0.0124. The smallest absolute Gasteiger partial charge is 0.182 e. The lowest BCUT2D eigenvalue weighted by Crippen LogP contribution is -2.46. The maximum absolute atomic E-state index is 14.0. The molecule has 0 aliphatic carbocycles. The number of ether oxygens (including phenoxy) is 2. The molecule has 5 nitrogen and oxygen atoms in total. The fourth-order valence-corrected chi connectivity index (χ4v) is 5.27. The van der Waals surface area contributed by atoms with Gasteiger partial charge in [-0.25, -0.2) is 4.39 Å². The van der Waals surface area contributed by atoms with Crippen LogP contribution in [0.4, 0.5) is 4.39 Å². The van der Waals surface area contributed by atoms with E-state index in [-0.39, 0.29) is 5.82 Å². The summed E-state index contributed by atoms with van der Waals surface area (Å²) in [4.78, 5) is 6.62. The van der Waals surface area contributed by atoms with Gasteiger partial charge >= 0.3 is 0 Å². The second-order valence-electron chi connectivity index (χ2n) is 6.87. The van der Waals surface area contributed by atoms with Crippen LogP contribution in [-0.4, -0.2) is 42.5 Å². The summed E-state index contributed by atoms with van der Waals surface area (Å²) < 4.78 is 24.7. The summed E-state index contributed by atoms with van der Waals surface area (Å²) in [7, 11) is 3.14. The van der Waals surface area contributed by atoms with E-state index in [2.05, 4.69) is 4.99 Å². The molecule has 2 aromatic carbocycles. The van der Waals surface area contributed by atoms with Gasteiger partial charge in [-0.05, 0) is 42.7 Å². The van der Waals surface area contributed by atoms with Crippen molar-refractivity contribution in [3.63, 3.8) is 0 Å². The van der Waals surface area contributed by atoms with Gasteiger partial charge in [-0.3, -0.25) is 4.99 Å². The van der Waals surface area contributed by atoms with Crippen molar-refractivity contribution in [2.45, 2.75) is 23.8 Å². The molecule has 2 heterocycles. The fourth-order valence-electron chi connectivity index (χ4n) is 3.83. The first-order valence-electron chi connectivity index (χ1n) is 9.27. The minimum absolute atomic E-state index is 0.322. The molecule has 2 atom stereocenters. The van der Waals surface area contributed by atoms with E-state index in [4.69, 9.17) is 9.47 Å². The number of aliphatic hydroxyl groups is 1. The van der Waals surface area contributed by atoms with E-state index in [1.54, 1.807) is 32.4 Å². The Labute approximate surface area is 168 Å². The maximum Gasteiger partial charge on any atom is 0.182 e. The number of benzene rings is 2. The van der Waals surface area contributed by atoms with Gasteiger partial charge in [0.25, 0.3) is 0 Å². The van der Waals surface area contributed by atoms with Crippen LogP contribution in [0.2, 0.25) is 0 Å². The molecule has 0 amide bonds. The van der Waals surface area contributed by atoms with E-state index in [1.807, 2.05) is 17.0 Å². The molecule has 0 spiro atoms. The van der Waals surface area contributed by atoms with Gasteiger partial charge in [-0.15, -0.1) is 0 Å². The highest BCUT2D eigenvalue weighted by atomic mass is 32.2. The van der Waals surface area contributed by atoms with Crippen LogP contribution in [0.1, 0.15) is 29.2 Å². The highest BCUT2D eigenvalue weighted by molar-refractivity contribution is 8.14. The molecule has 1 fully saturated rings. The summed E-state index contributed by atoms with van der Waals surface area (Å²) in [5, 5.41) is 12.5. The topological polar surface area (TPSA) is 54.3 Å². The fraction of sp³-hybridized carbons (Fsp3) is 0.381. The van der Waals surface area contributed by atoms with Crippen molar-refractivity contribution in [1.29, 1.82) is 0 Å². The molecular weight excluding hydrogens is 379 g/mol. The van der Waals surface area contributed by atoms with Crippen molar-refractivity contribution < 1.29 is 19.0 Å². The molecule has 1 N–H and O–H groups in total. The van der Waals surface area contributed by atoms with Gasteiger partial charge in [0, 0.05) is 18.7 Å². The number of hydrogen-bond acceptors (Lipinski definition) is 6. The molecule has 4 rings (SSSR count). The number of thioether (sulfide) groups is 1. The molecule has 7 heteroatoms. The van der Waals surface area contributed by atoms with Gasteiger partial charge < -0.3 is 19.5 Å². The minimum Gasteiger partial charge on any atom is -0.493 e. The normalized spacial score (nSPS) is 24.4. The summed E-state index contributed by atoms with van der Waals surface area (Å²) in [6, 6.07) is 11.8. The summed E-state index contributed by atoms with van der Waals surface area (Å²) in [6.45, 7) is 1.42. The van der Waals surface area contributed by atoms with E-state index in [9.17, 15) is 9.50 Å². The zero-order chi connectivity index (χ0) is 19.7. The number of amidine groups is 1. The minimum atomic E-state index is -1.37. The van der Waals surface area contributed by atoms with E-state index in [0.717, 1.165) is 30.1 Å². The Kier molecular flexibility index (Phi) is 5.21. The lowest BCUT2D eigenvalue weighted by molar-refractivity contribution is -0.0713. The number of halogens is 1. The highest BCUT2D eigenvalue weighted by Crippen LogP contribution is 2.55. The van der Waals surface area contributed by atoms with Gasteiger partial charge in [-0.1, -0.05) is 30.0 Å². The summed E-state index contributed by atoms with van der Waals surface area (Å²) in [5.74, 6) is 0.806. The molecule has 0 bridgehead atoms. The highest BCUT2D eigenvalue weighted by Gasteiger charge is 2.53. The standard InChI is InChI=1S/C21H23FN2O3S/c1-26-17-9-8-15(13-18(17)27-2)21(25)19(14-6-5-7-16(22)12-14)28-20-23-10-3-4-11-24(20)21/h5-9,12-13,19,25H,3-4,10-11H2,1-2H3. The van der Waals surface area contributed by atoms with Gasteiger partial charge in [0.1, 0.15) is 5.82 Å². The predicted molar refractivity (Wildman–Crippen MR) is 108 cm³/mol. The van der Waals surface area contributed by atoms with Crippen LogP contribution < -0.4 is 9.47 Å². The zero-order valence-corrected chi connectivity index (χ0v) is 16.7. The van der Waals surface area contributed by atoms with Crippen molar-refractivity contribution in [1.82, 2.24) is 4.90 Å². The summed E-state index contributed by atoms with van der Waals surface area (Å²) >= 11 is 1.48. The Hall–Kier alpha value is -2.25. The Morgan fingerprint density at radius 3 is 2.71 bits per heavy atom. The molecule has 0 saturated carbocycles. The second-order valence-corrected chi connectivity index (χ2v) is 7.94. The first-order chi connectivity index (χ1) is 13.6. The Morgan fingerprint density at radius 1 is 1.14 bits per heavy atom. The molecule has 2 unspecified atom stereocenters. The Balaban J connectivity index is 1.87. The molecule has 2 aromatic rings. The van der Waals surface area contributed by atoms with Crippen LogP contribution in [0.25, 0.3) is 0 Å². The van der Waals surface area contributed by atoms with Crippen LogP contribution in [0, 0.1) is 5.82 Å². The van der Waals surface area contributed by atoms with E-state index in [0.29, 0.717) is 23.6 Å². The number of rotatable bonds is 4. The third-order valence-corrected chi connectivity index (χ3v) is 6.62. The quantitative estimate of drug-likeness (QED) is 0.840. The average molecular weight is 402 g/mol. The largest absolute Gasteiger partial charge is 0.493 e. The molecule has 2 aliphatic rings. The van der Waals surface area contributed by atoms with Crippen molar-refractivity contribution in [2.75, 3.05) is 27.3 Å². The van der Waals surface area contributed by atoms with Crippen molar-refractivity contribution in [2.24, 2.45) is 4.99 Å². The number of fused-ring (bicyclic) bond motifs is 1. The SMILES string of the molecule is COc1ccc(C2(O)C(c3cccc(F)c3)SC3=NCCCCN32)cc1OC. The van der Waals surface area contributed by atoms with Crippen LogP contribution in [0.15, 0.2) is 47.5 Å². The molecule has 2 aliphatic heterocycles. The Bertz CT molecular complexity index is 907. The molecule has 1 saturated heterocycles. The number of nitrogens with zero attached hydrogens (tertiary/aromatic N) is 2. The first kappa shape index (κ1) is 19.1. The molecule has 0 aromatic heterocycles. The average Bonchev–Trinajstić information content (AvgIpc) is 2.86. The molecule has 28 heavy (non-hydrogen) atoms. The molecular formula is C21H23FN2O3S. The van der Waals surface area contributed by atoms with E-state index in [1.165, 1.54) is 23.9 Å². The third kappa shape index (κ3) is 3.12. The van der Waals surface area contributed by atoms with Crippen molar-refractivity contribution in [3.05, 3.63) is 59.4 Å². The van der Waals surface area contributed by atoms with Crippen LogP contribution in [0.5, 0.6) is 11.5 Å². The summed E-state index contributed by atoms with van der Waals surface area (Å²) in [6.07, 6.45) is 1.91. The third-order valence-electron chi connectivity index (χ3n) is 5.23. The lowest BCUT2D eigenvalue weighted by Gasteiger charge is -2.38. The van der Waals surface area contributed by atoms with Crippen LogP contribution >= 0.6 is 11.8 Å². The lowest BCUT2D eigenvalue weighted by atomic mass is 9.92. The number of methoxy groups -OCH3 is 2. The Morgan fingerprint density at radius 2 is 1.96 bits per heavy atom. The van der Waals surface area contributed by atoms with Crippen LogP contribution in [-0.2, 0) is 5.72 Å². The predicted octanol–water partition coefficient (Wildman–Crippen LogP) is 3.93. The van der Waals surface area contributed by atoms with Gasteiger partial charge in [0.05, 0.1) is 19.5 Å². The van der Waals surface area contributed by atoms with Crippen molar-refractivity contribution in [3.8, 4) is 11.5 Å². The molecule has 148 valence electrons. The maximum atomic E-state index is 14.0. The van der Waals surface area contributed by atoms with Crippen molar-refractivity contribution >= 4 is 16.9 Å². The molecule has 0 radical (unpaired) electrons. The van der Waals surface area contributed by atoms with Gasteiger partial charge in [-0.2, -0.15) is 0 Å². The number of aliphatic imine (C=N–C) groups is 1. The zero-order valence-electron chi connectivity index (χ0n) is 15.9. The van der Waals surface area contributed by atoms with Gasteiger partial charge in [0.15, 0.2) is 22.4 Å². The second kappa shape index (κ2) is 7.64.